The van der Waals surface area contributed by atoms with Crippen LogP contribution in [0, 0.1) is 0 Å². The summed E-state index contributed by atoms with van der Waals surface area (Å²) in [6, 6.07) is -3.11. The fraction of sp³-hybridized carbons (Fsp3) is 0.636. The molecule has 0 aromatic carbocycles. The third-order valence-electron chi connectivity index (χ3n) is 2.40. The molecule has 0 bridgehead atoms. The molecule has 0 aliphatic heterocycles. The van der Waals surface area contributed by atoms with Crippen LogP contribution in [0.2, 0.25) is 0 Å². The highest BCUT2D eigenvalue weighted by Crippen LogP contribution is 1.86. The number of hydrogen-bond donors (Lipinski definition) is 6. The van der Waals surface area contributed by atoms with Gasteiger partial charge in [0.15, 0.2) is 0 Å². The number of nitrogens with two attached hydrogens (primary N) is 1. The number of hydrogen-bond acceptors (Lipinski definition) is 6. The Morgan fingerprint density at radius 3 is 2.10 bits per heavy atom. The van der Waals surface area contributed by atoms with Crippen LogP contribution in [0.1, 0.15) is 13.8 Å². The molecular formula is C11H20N4O6. The third-order valence-corrected chi connectivity index (χ3v) is 2.40. The number of rotatable bonds is 8. The van der Waals surface area contributed by atoms with Gasteiger partial charge < -0.3 is 31.9 Å². The summed E-state index contributed by atoms with van der Waals surface area (Å²) >= 11 is 0. The van der Waals surface area contributed by atoms with E-state index in [2.05, 4.69) is 10.6 Å². The maximum atomic E-state index is 11.6. The lowest BCUT2D eigenvalue weighted by molar-refractivity contribution is -0.142. The number of amides is 3. The van der Waals surface area contributed by atoms with Crippen molar-refractivity contribution in [3.63, 3.8) is 0 Å². The van der Waals surface area contributed by atoms with Crippen LogP contribution in [0.5, 0.6) is 0 Å². The third kappa shape index (κ3) is 7.22. The van der Waals surface area contributed by atoms with E-state index in [0.29, 0.717) is 0 Å². The van der Waals surface area contributed by atoms with Crippen LogP contribution in [0.3, 0.4) is 0 Å². The summed E-state index contributed by atoms with van der Waals surface area (Å²) in [4.78, 5) is 44.8. The first-order valence-electron chi connectivity index (χ1n) is 6.15. The molecule has 0 aliphatic rings. The summed E-state index contributed by atoms with van der Waals surface area (Å²) in [5.41, 5.74) is 5.32. The molecule has 3 amide bonds. The number of nitrogens with one attached hydrogen (secondary N) is 3. The average Bonchev–Trinajstić information content (AvgIpc) is 2.41. The number of carboxylic acids is 1. The molecule has 0 aliphatic carbocycles. The lowest BCUT2D eigenvalue weighted by Crippen LogP contribution is -2.52. The zero-order valence-corrected chi connectivity index (χ0v) is 11.8. The first kappa shape index (κ1) is 18.8. The number of aliphatic hydroxyl groups is 1. The first-order chi connectivity index (χ1) is 9.68. The molecule has 0 saturated carbocycles. The number of carboxylic acid groups (broad SMARTS) is 1. The SMILES string of the molecule is CC(N)C(=O)NC(C)C(=O)NCC(=O)NC(CO)C(=O)O. The van der Waals surface area contributed by atoms with Crippen molar-refractivity contribution in [3.8, 4) is 0 Å². The Hall–Kier alpha value is -2.20. The van der Waals surface area contributed by atoms with Gasteiger partial charge in [-0.15, -0.1) is 0 Å². The van der Waals surface area contributed by atoms with Crippen LogP contribution in [-0.4, -0.2) is 65.2 Å². The second-order valence-electron chi connectivity index (χ2n) is 4.38. The minimum absolute atomic E-state index is 0.485. The van der Waals surface area contributed by atoms with Gasteiger partial charge in [-0.2, -0.15) is 0 Å². The Kier molecular flexibility index (Phi) is 7.94. The monoisotopic (exact) mass is 304 g/mol. The van der Waals surface area contributed by atoms with Gasteiger partial charge in [0.1, 0.15) is 12.1 Å². The van der Waals surface area contributed by atoms with Crippen molar-refractivity contribution < 1.29 is 29.4 Å². The van der Waals surface area contributed by atoms with Gasteiger partial charge in [0.25, 0.3) is 0 Å². The summed E-state index contributed by atoms with van der Waals surface area (Å²) in [7, 11) is 0. The second kappa shape index (κ2) is 8.87. The van der Waals surface area contributed by atoms with E-state index in [-0.39, 0.29) is 0 Å². The predicted molar refractivity (Wildman–Crippen MR) is 70.9 cm³/mol. The quantitative estimate of drug-likeness (QED) is 0.270. The molecule has 7 N–H and O–H groups in total. The summed E-state index contributed by atoms with van der Waals surface area (Å²) in [6.07, 6.45) is 0. The van der Waals surface area contributed by atoms with Gasteiger partial charge in [-0.25, -0.2) is 4.79 Å². The van der Waals surface area contributed by atoms with Crippen LogP contribution in [0.15, 0.2) is 0 Å². The zero-order valence-electron chi connectivity index (χ0n) is 11.8. The van der Waals surface area contributed by atoms with Crippen molar-refractivity contribution in [1.82, 2.24) is 16.0 Å². The minimum Gasteiger partial charge on any atom is -0.480 e. The van der Waals surface area contributed by atoms with Crippen molar-refractivity contribution in [2.75, 3.05) is 13.2 Å². The molecule has 0 radical (unpaired) electrons. The van der Waals surface area contributed by atoms with E-state index < -0.39 is 55.0 Å². The van der Waals surface area contributed by atoms with Crippen molar-refractivity contribution in [2.45, 2.75) is 32.0 Å². The average molecular weight is 304 g/mol. The Labute approximate surface area is 121 Å². The van der Waals surface area contributed by atoms with E-state index in [1.807, 2.05) is 5.32 Å². The number of aliphatic carboxylic acids is 1. The van der Waals surface area contributed by atoms with Gasteiger partial charge in [-0.3, -0.25) is 14.4 Å². The summed E-state index contributed by atoms with van der Waals surface area (Å²) in [5, 5.41) is 23.9. The van der Waals surface area contributed by atoms with E-state index in [9.17, 15) is 19.2 Å². The Morgan fingerprint density at radius 1 is 1.10 bits per heavy atom. The van der Waals surface area contributed by atoms with Gasteiger partial charge in [-0.1, -0.05) is 0 Å². The molecule has 0 aromatic heterocycles. The minimum atomic E-state index is -1.44. The van der Waals surface area contributed by atoms with Crippen LogP contribution in [-0.2, 0) is 19.2 Å². The van der Waals surface area contributed by atoms with Crippen LogP contribution in [0.25, 0.3) is 0 Å². The molecule has 0 heterocycles. The number of carbonyl (C=O) groups is 4. The molecule has 10 nitrogen and oxygen atoms in total. The Morgan fingerprint density at radius 2 is 1.67 bits per heavy atom. The molecule has 0 rings (SSSR count). The molecular weight excluding hydrogens is 284 g/mol. The smallest absolute Gasteiger partial charge is 0.328 e. The largest absolute Gasteiger partial charge is 0.480 e. The highest BCUT2D eigenvalue weighted by Gasteiger charge is 2.21. The van der Waals surface area contributed by atoms with Crippen LogP contribution in [0.4, 0.5) is 0 Å². The lowest BCUT2D eigenvalue weighted by Gasteiger charge is -2.16. The van der Waals surface area contributed by atoms with E-state index in [4.69, 9.17) is 15.9 Å². The lowest BCUT2D eigenvalue weighted by atomic mass is 10.2. The van der Waals surface area contributed by atoms with Crippen molar-refractivity contribution in [1.29, 1.82) is 0 Å². The van der Waals surface area contributed by atoms with E-state index >= 15 is 0 Å². The first-order valence-corrected chi connectivity index (χ1v) is 6.15. The molecule has 10 heteroatoms. The molecule has 0 spiro atoms. The van der Waals surface area contributed by atoms with E-state index in [0.717, 1.165) is 0 Å². The summed E-state index contributed by atoms with van der Waals surface area (Å²) in [5.74, 6) is -3.33. The highest BCUT2D eigenvalue weighted by atomic mass is 16.4. The van der Waals surface area contributed by atoms with Gasteiger partial charge in [-0.05, 0) is 13.8 Å². The normalized spacial score (nSPS) is 14.5. The van der Waals surface area contributed by atoms with E-state index in [1.54, 1.807) is 0 Å². The van der Waals surface area contributed by atoms with Gasteiger partial charge in [0, 0.05) is 0 Å². The predicted octanol–water partition coefficient (Wildman–Crippen LogP) is -3.48. The molecule has 0 aromatic rings. The van der Waals surface area contributed by atoms with Crippen LogP contribution >= 0.6 is 0 Å². The standard InChI is InChI=1S/C11H20N4O6/c1-5(12)9(18)14-6(2)10(19)13-3-8(17)15-7(4-16)11(20)21/h5-7,16H,3-4,12H2,1-2H3,(H,13,19)(H,14,18)(H,15,17)(H,20,21). The Balaban J connectivity index is 4.20. The number of aliphatic hydroxyl groups excluding tert-OH is 1. The molecule has 3 atom stereocenters. The molecule has 3 unspecified atom stereocenters. The highest BCUT2D eigenvalue weighted by molar-refractivity contribution is 5.92. The molecule has 0 saturated heterocycles. The maximum absolute atomic E-state index is 11.6. The number of carbonyl (C=O) groups excluding carboxylic acids is 3. The zero-order chi connectivity index (χ0) is 16.6. The van der Waals surface area contributed by atoms with Crippen molar-refractivity contribution >= 4 is 23.7 Å². The van der Waals surface area contributed by atoms with Crippen LogP contribution < -0.4 is 21.7 Å². The van der Waals surface area contributed by atoms with Gasteiger partial charge >= 0.3 is 5.97 Å². The molecule has 0 fully saturated rings. The van der Waals surface area contributed by atoms with E-state index in [1.165, 1.54) is 13.8 Å². The summed E-state index contributed by atoms with van der Waals surface area (Å²) < 4.78 is 0. The molecule has 120 valence electrons. The Bertz CT molecular complexity index is 412. The summed E-state index contributed by atoms with van der Waals surface area (Å²) in [6.45, 7) is 1.60. The maximum Gasteiger partial charge on any atom is 0.328 e. The van der Waals surface area contributed by atoms with Gasteiger partial charge in [0.05, 0.1) is 19.2 Å². The molecule has 21 heavy (non-hydrogen) atoms. The fourth-order valence-corrected chi connectivity index (χ4v) is 1.16. The topological polar surface area (TPSA) is 171 Å². The second-order valence-corrected chi connectivity index (χ2v) is 4.38. The van der Waals surface area contributed by atoms with Crippen molar-refractivity contribution in [2.24, 2.45) is 5.73 Å². The van der Waals surface area contributed by atoms with Crippen molar-refractivity contribution in [3.05, 3.63) is 0 Å². The van der Waals surface area contributed by atoms with Gasteiger partial charge in [0.2, 0.25) is 17.7 Å². The fourth-order valence-electron chi connectivity index (χ4n) is 1.16.